The van der Waals surface area contributed by atoms with Crippen molar-refractivity contribution in [3.05, 3.63) is 46.3 Å². The van der Waals surface area contributed by atoms with Crippen molar-refractivity contribution in [2.45, 2.75) is 0 Å². The topological polar surface area (TPSA) is 107 Å². The van der Waals surface area contributed by atoms with Gasteiger partial charge >= 0.3 is 5.97 Å². The SMILES string of the molecule is Cn1cc(Oc2cc([N+](=O)[O-])ccc2C(=O)O)cn1. The van der Waals surface area contributed by atoms with Gasteiger partial charge in [-0.15, -0.1) is 0 Å². The number of carbonyl (C=O) groups is 1. The van der Waals surface area contributed by atoms with E-state index in [9.17, 15) is 14.9 Å². The molecule has 0 amide bonds. The van der Waals surface area contributed by atoms with Crippen molar-refractivity contribution < 1.29 is 19.6 Å². The summed E-state index contributed by atoms with van der Waals surface area (Å²) in [5.74, 6) is -1.03. The molecule has 1 heterocycles. The normalized spacial score (nSPS) is 10.2. The first-order chi connectivity index (χ1) is 8.97. The average molecular weight is 263 g/mol. The summed E-state index contributed by atoms with van der Waals surface area (Å²) in [7, 11) is 1.67. The molecular formula is C11H9N3O5. The van der Waals surface area contributed by atoms with Gasteiger partial charge in [0, 0.05) is 13.1 Å². The Balaban J connectivity index is 2.42. The van der Waals surface area contributed by atoms with E-state index in [0.717, 1.165) is 18.2 Å². The molecule has 19 heavy (non-hydrogen) atoms. The van der Waals surface area contributed by atoms with Crippen molar-refractivity contribution in [2.24, 2.45) is 7.05 Å². The second kappa shape index (κ2) is 4.77. The van der Waals surface area contributed by atoms with Crippen LogP contribution in [0.15, 0.2) is 30.6 Å². The molecule has 1 aromatic heterocycles. The Morgan fingerprint density at radius 1 is 1.53 bits per heavy atom. The molecule has 98 valence electrons. The minimum absolute atomic E-state index is 0.102. The van der Waals surface area contributed by atoms with Gasteiger partial charge in [0.25, 0.3) is 5.69 Å². The van der Waals surface area contributed by atoms with Gasteiger partial charge in [-0.1, -0.05) is 0 Å². The summed E-state index contributed by atoms with van der Waals surface area (Å²) in [6, 6.07) is 3.31. The van der Waals surface area contributed by atoms with Crippen LogP contribution in [0.3, 0.4) is 0 Å². The van der Waals surface area contributed by atoms with Crippen molar-refractivity contribution >= 4 is 11.7 Å². The van der Waals surface area contributed by atoms with Crippen LogP contribution >= 0.6 is 0 Å². The zero-order chi connectivity index (χ0) is 14.0. The summed E-state index contributed by atoms with van der Waals surface area (Å²) in [6.45, 7) is 0. The summed E-state index contributed by atoms with van der Waals surface area (Å²) in [5.41, 5.74) is -0.404. The highest BCUT2D eigenvalue weighted by molar-refractivity contribution is 5.91. The highest BCUT2D eigenvalue weighted by atomic mass is 16.6. The molecule has 0 aliphatic carbocycles. The average Bonchev–Trinajstić information content (AvgIpc) is 2.74. The lowest BCUT2D eigenvalue weighted by Gasteiger charge is -2.06. The predicted molar refractivity (Wildman–Crippen MR) is 63.3 cm³/mol. The lowest BCUT2D eigenvalue weighted by molar-refractivity contribution is -0.384. The summed E-state index contributed by atoms with van der Waals surface area (Å²) in [6.07, 6.45) is 2.90. The third-order valence-corrected chi connectivity index (χ3v) is 2.32. The molecule has 0 bridgehead atoms. The van der Waals surface area contributed by atoms with Crippen molar-refractivity contribution in [1.29, 1.82) is 0 Å². The first kappa shape index (κ1) is 12.6. The van der Waals surface area contributed by atoms with Gasteiger partial charge in [-0.25, -0.2) is 4.79 Å². The third-order valence-electron chi connectivity index (χ3n) is 2.32. The molecule has 0 saturated carbocycles. The van der Waals surface area contributed by atoms with E-state index in [1.54, 1.807) is 7.05 Å². The maximum atomic E-state index is 11.0. The van der Waals surface area contributed by atoms with Gasteiger partial charge in [-0.2, -0.15) is 5.10 Å². The highest BCUT2D eigenvalue weighted by Gasteiger charge is 2.17. The number of non-ortho nitro benzene ring substituents is 1. The maximum Gasteiger partial charge on any atom is 0.339 e. The number of aromatic nitrogens is 2. The van der Waals surface area contributed by atoms with Gasteiger partial charge in [-0.3, -0.25) is 14.8 Å². The van der Waals surface area contributed by atoms with Crippen LogP contribution in [-0.4, -0.2) is 25.8 Å². The van der Waals surface area contributed by atoms with Crippen LogP contribution in [0, 0.1) is 10.1 Å². The first-order valence-electron chi connectivity index (χ1n) is 5.15. The minimum Gasteiger partial charge on any atom is -0.478 e. The number of ether oxygens (including phenoxy) is 1. The number of benzene rings is 1. The van der Waals surface area contributed by atoms with E-state index in [4.69, 9.17) is 9.84 Å². The molecule has 0 spiro atoms. The Hall–Kier alpha value is -2.90. The van der Waals surface area contributed by atoms with Gasteiger partial charge in [0.2, 0.25) is 0 Å². The van der Waals surface area contributed by atoms with Gasteiger partial charge < -0.3 is 9.84 Å². The van der Waals surface area contributed by atoms with Crippen LogP contribution in [0.25, 0.3) is 0 Å². The Morgan fingerprint density at radius 2 is 2.26 bits per heavy atom. The van der Waals surface area contributed by atoms with Crippen LogP contribution in [0.2, 0.25) is 0 Å². The minimum atomic E-state index is -1.23. The number of aromatic carboxylic acids is 1. The third kappa shape index (κ3) is 2.68. The molecule has 0 aliphatic rings. The lowest BCUT2D eigenvalue weighted by Crippen LogP contribution is -2.01. The molecule has 8 heteroatoms. The van der Waals surface area contributed by atoms with Crippen molar-refractivity contribution in [2.75, 3.05) is 0 Å². The number of hydrogen-bond donors (Lipinski definition) is 1. The molecule has 0 fully saturated rings. The molecule has 2 aromatic rings. The number of rotatable bonds is 4. The van der Waals surface area contributed by atoms with E-state index >= 15 is 0 Å². The summed E-state index contributed by atoms with van der Waals surface area (Å²) < 4.78 is 6.78. The highest BCUT2D eigenvalue weighted by Crippen LogP contribution is 2.29. The van der Waals surface area contributed by atoms with Crippen LogP contribution in [0.1, 0.15) is 10.4 Å². The van der Waals surface area contributed by atoms with Gasteiger partial charge in [0.05, 0.1) is 23.4 Å². The monoisotopic (exact) mass is 263 g/mol. The van der Waals surface area contributed by atoms with E-state index < -0.39 is 10.9 Å². The fourth-order valence-electron chi connectivity index (χ4n) is 1.46. The Morgan fingerprint density at radius 3 is 2.79 bits per heavy atom. The van der Waals surface area contributed by atoms with Crippen LogP contribution in [0.5, 0.6) is 11.5 Å². The molecule has 8 nitrogen and oxygen atoms in total. The molecule has 0 saturated heterocycles. The number of hydrogen-bond acceptors (Lipinski definition) is 5. The smallest absolute Gasteiger partial charge is 0.339 e. The molecule has 0 unspecified atom stereocenters. The Bertz CT molecular complexity index is 650. The number of nitro benzene ring substituents is 1. The van der Waals surface area contributed by atoms with E-state index in [1.807, 2.05) is 0 Å². The fraction of sp³-hybridized carbons (Fsp3) is 0.0909. The largest absolute Gasteiger partial charge is 0.478 e. The first-order valence-corrected chi connectivity index (χ1v) is 5.15. The number of carboxylic acids is 1. The molecule has 1 N–H and O–H groups in total. The van der Waals surface area contributed by atoms with E-state index in [2.05, 4.69) is 5.10 Å². The van der Waals surface area contributed by atoms with Crippen LogP contribution in [-0.2, 0) is 7.05 Å². The summed E-state index contributed by atoms with van der Waals surface area (Å²) in [5, 5.41) is 23.5. The zero-order valence-corrected chi connectivity index (χ0v) is 9.81. The van der Waals surface area contributed by atoms with Crippen molar-refractivity contribution in [3.63, 3.8) is 0 Å². The summed E-state index contributed by atoms with van der Waals surface area (Å²) in [4.78, 5) is 21.1. The summed E-state index contributed by atoms with van der Waals surface area (Å²) >= 11 is 0. The Labute approximate surface area is 107 Å². The molecular weight excluding hydrogens is 254 g/mol. The Kier molecular flexibility index (Phi) is 3.15. The van der Waals surface area contributed by atoms with Gasteiger partial charge in [0.1, 0.15) is 11.3 Å². The number of nitro groups is 1. The van der Waals surface area contributed by atoms with Crippen molar-refractivity contribution in [3.8, 4) is 11.5 Å². The number of nitrogens with zero attached hydrogens (tertiary/aromatic N) is 3. The lowest BCUT2D eigenvalue weighted by atomic mass is 10.2. The van der Waals surface area contributed by atoms with E-state index in [-0.39, 0.29) is 17.0 Å². The van der Waals surface area contributed by atoms with E-state index in [0.29, 0.717) is 5.75 Å². The second-order valence-electron chi connectivity index (χ2n) is 3.69. The number of carboxylic acid groups (broad SMARTS) is 1. The van der Waals surface area contributed by atoms with E-state index in [1.165, 1.54) is 17.1 Å². The zero-order valence-electron chi connectivity index (χ0n) is 9.81. The van der Waals surface area contributed by atoms with Gasteiger partial charge in [-0.05, 0) is 6.07 Å². The van der Waals surface area contributed by atoms with Gasteiger partial charge in [0.15, 0.2) is 5.75 Å². The predicted octanol–water partition coefficient (Wildman–Crippen LogP) is 1.82. The van der Waals surface area contributed by atoms with Crippen LogP contribution < -0.4 is 4.74 Å². The molecule has 0 atom stereocenters. The fourth-order valence-corrected chi connectivity index (χ4v) is 1.46. The molecule has 0 radical (unpaired) electrons. The standard InChI is InChI=1S/C11H9N3O5/c1-13-6-8(5-12-13)19-10-4-7(14(17)18)2-3-9(10)11(15)16/h2-6H,1H3,(H,15,16). The maximum absolute atomic E-state index is 11.0. The molecule has 0 aliphatic heterocycles. The molecule has 1 aromatic carbocycles. The quantitative estimate of drug-likeness (QED) is 0.665. The number of aryl methyl sites for hydroxylation is 1. The van der Waals surface area contributed by atoms with Crippen molar-refractivity contribution in [1.82, 2.24) is 9.78 Å². The molecule has 2 rings (SSSR count). The second-order valence-corrected chi connectivity index (χ2v) is 3.69. The van der Waals surface area contributed by atoms with Crippen LogP contribution in [0.4, 0.5) is 5.69 Å².